The molecule has 5 nitrogen and oxygen atoms in total. The monoisotopic (exact) mass is 425 g/mol. The van der Waals surface area contributed by atoms with Crippen molar-refractivity contribution in [2.75, 3.05) is 38.0 Å². The van der Waals surface area contributed by atoms with Crippen LogP contribution >= 0.6 is 11.8 Å². The fraction of sp³-hybridized carbons (Fsp3) is 0.417. The van der Waals surface area contributed by atoms with E-state index in [0.717, 1.165) is 28.1 Å². The number of thioether (sulfide) groups is 1. The first-order valence-electron chi connectivity index (χ1n) is 10.6. The van der Waals surface area contributed by atoms with Crippen LogP contribution in [0, 0.1) is 0 Å². The van der Waals surface area contributed by atoms with E-state index < -0.39 is 0 Å². The van der Waals surface area contributed by atoms with Gasteiger partial charge in [0.05, 0.1) is 12.1 Å². The second-order valence-corrected chi connectivity index (χ2v) is 9.41. The molecule has 0 aromatic heterocycles. The van der Waals surface area contributed by atoms with Gasteiger partial charge in [-0.15, -0.1) is 11.8 Å². The topological polar surface area (TPSA) is 52.7 Å². The van der Waals surface area contributed by atoms with Crippen LogP contribution in [0.4, 0.5) is 5.69 Å². The Balaban J connectivity index is 1.54. The summed E-state index contributed by atoms with van der Waals surface area (Å²) in [5.41, 5.74) is 2.80. The van der Waals surface area contributed by atoms with Gasteiger partial charge in [-0.1, -0.05) is 51.1 Å². The first-order valence-corrected chi connectivity index (χ1v) is 11.5. The number of nitrogens with zero attached hydrogens (tertiary/aromatic N) is 2. The summed E-state index contributed by atoms with van der Waals surface area (Å²) in [7, 11) is 0. The van der Waals surface area contributed by atoms with Crippen LogP contribution in [0.25, 0.3) is 0 Å². The number of rotatable bonds is 7. The van der Waals surface area contributed by atoms with Gasteiger partial charge < -0.3 is 10.2 Å². The van der Waals surface area contributed by atoms with Crippen LogP contribution in [0.5, 0.6) is 0 Å². The molecule has 160 valence electrons. The minimum atomic E-state index is -0.00523. The third-order valence-corrected chi connectivity index (χ3v) is 6.26. The average Bonchev–Trinajstić information content (AvgIpc) is 2.74. The van der Waals surface area contributed by atoms with Gasteiger partial charge in [0.2, 0.25) is 5.91 Å². The highest BCUT2D eigenvalue weighted by molar-refractivity contribution is 8.00. The third kappa shape index (κ3) is 5.86. The fourth-order valence-electron chi connectivity index (χ4n) is 3.62. The van der Waals surface area contributed by atoms with Crippen molar-refractivity contribution in [1.29, 1.82) is 0 Å². The predicted octanol–water partition coefficient (Wildman–Crippen LogP) is 4.15. The maximum Gasteiger partial charge on any atom is 0.255 e. The van der Waals surface area contributed by atoms with Gasteiger partial charge in [0.1, 0.15) is 0 Å². The minimum absolute atomic E-state index is 0.00523. The molecule has 0 saturated carbocycles. The SMILES string of the molecule is CCc1ccccc1NC(=O)CN1CCN(C(=O)c2ccccc2SC(C)C)CC1. The number of hydrogen-bond acceptors (Lipinski definition) is 4. The standard InChI is InChI=1S/C24H31N3O2S/c1-4-19-9-5-7-11-21(19)25-23(28)17-26-13-15-27(16-14-26)24(29)20-10-6-8-12-22(20)30-18(2)3/h5-12,18H,4,13-17H2,1-3H3,(H,25,28). The molecular formula is C24H31N3O2S. The van der Waals surface area contributed by atoms with E-state index in [-0.39, 0.29) is 11.8 Å². The number of carbonyl (C=O) groups is 2. The van der Waals surface area contributed by atoms with E-state index in [1.54, 1.807) is 11.8 Å². The van der Waals surface area contributed by atoms with Gasteiger partial charge in [-0.05, 0) is 30.2 Å². The van der Waals surface area contributed by atoms with Crippen LogP contribution < -0.4 is 5.32 Å². The van der Waals surface area contributed by atoms with E-state index >= 15 is 0 Å². The predicted molar refractivity (Wildman–Crippen MR) is 124 cm³/mol. The lowest BCUT2D eigenvalue weighted by Gasteiger charge is -2.34. The average molecular weight is 426 g/mol. The Hall–Kier alpha value is -2.31. The van der Waals surface area contributed by atoms with Crippen LogP contribution in [-0.4, -0.2) is 59.6 Å². The van der Waals surface area contributed by atoms with E-state index in [1.165, 1.54) is 0 Å². The molecule has 0 unspecified atom stereocenters. The minimum Gasteiger partial charge on any atom is -0.336 e. The van der Waals surface area contributed by atoms with Crippen LogP contribution in [-0.2, 0) is 11.2 Å². The summed E-state index contributed by atoms with van der Waals surface area (Å²) in [6.45, 7) is 9.38. The molecule has 3 rings (SSSR count). The molecule has 1 saturated heterocycles. The zero-order valence-corrected chi connectivity index (χ0v) is 18.9. The van der Waals surface area contributed by atoms with Gasteiger partial charge >= 0.3 is 0 Å². The number of para-hydroxylation sites is 1. The van der Waals surface area contributed by atoms with Crippen LogP contribution in [0.15, 0.2) is 53.4 Å². The smallest absolute Gasteiger partial charge is 0.255 e. The van der Waals surface area contributed by atoms with E-state index in [1.807, 2.05) is 53.4 Å². The van der Waals surface area contributed by atoms with Crippen molar-refractivity contribution in [1.82, 2.24) is 9.80 Å². The summed E-state index contributed by atoms with van der Waals surface area (Å²) in [5.74, 6) is 0.0779. The van der Waals surface area contributed by atoms with Crippen molar-refractivity contribution in [3.05, 3.63) is 59.7 Å². The number of carbonyl (C=O) groups excluding carboxylic acids is 2. The van der Waals surface area contributed by atoms with Gasteiger partial charge in [-0.3, -0.25) is 14.5 Å². The summed E-state index contributed by atoms with van der Waals surface area (Å²) in [4.78, 5) is 30.6. The van der Waals surface area contributed by atoms with Gasteiger partial charge in [0.15, 0.2) is 0 Å². The molecule has 30 heavy (non-hydrogen) atoms. The lowest BCUT2D eigenvalue weighted by atomic mass is 10.1. The van der Waals surface area contributed by atoms with E-state index in [2.05, 4.69) is 31.0 Å². The maximum atomic E-state index is 13.1. The van der Waals surface area contributed by atoms with Gasteiger partial charge in [-0.25, -0.2) is 0 Å². The van der Waals surface area contributed by atoms with E-state index in [4.69, 9.17) is 0 Å². The molecule has 2 aromatic rings. The molecule has 0 radical (unpaired) electrons. The first-order chi connectivity index (χ1) is 14.5. The Bertz CT molecular complexity index is 876. The zero-order chi connectivity index (χ0) is 21.5. The molecule has 1 heterocycles. The molecule has 0 bridgehead atoms. The van der Waals surface area contributed by atoms with Crippen LogP contribution in [0.3, 0.4) is 0 Å². The lowest BCUT2D eigenvalue weighted by Crippen LogP contribution is -2.50. The second-order valence-electron chi connectivity index (χ2n) is 7.79. The Kier molecular flexibility index (Phi) is 7.94. The highest BCUT2D eigenvalue weighted by atomic mass is 32.2. The summed E-state index contributed by atoms with van der Waals surface area (Å²) >= 11 is 1.72. The van der Waals surface area contributed by atoms with Gasteiger partial charge in [0.25, 0.3) is 5.91 Å². The van der Waals surface area contributed by atoms with Crippen LogP contribution in [0.2, 0.25) is 0 Å². The van der Waals surface area contributed by atoms with Crippen molar-refractivity contribution in [2.24, 2.45) is 0 Å². The Morgan fingerprint density at radius 1 is 1.00 bits per heavy atom. The molecule has 0 aliphatic carbocycles. The van der Waals surface area contributed by atoms with Gasteiger partial charge in [-0.2, -0.15) is 0 Å². The second kappa shape index (κ2) is 10.6. The number of aryl methyl sites for hydroxylation is 1. The Morgan fingerprint density at radius 2 is 1.67 bits per heavy atom. The summed E-state index contributed by atoms with van der Waals surface area (Å²) in [6, 6.07) is 15.7. The molecule has 1 N–H and O–H groups in total. The Morgan fingerprint density at radius 3 is 2.37 bits per heavy atom. The van der Waals surface area contributed by atoms with E-state index in [9.17, 15) is 9.59 Å². The lowest BCUT2D eigenvalue weighted by molar-refractivity contribution is -0.117. The molecule has 0 spiro atoms. The van der Waals surface area contributed by atoms with E-state index in [0.29, 0.717) is 38.0 Å². The van der Waals surface area contributed by atoms with Crippen LogP contribution in [0.1, 0.15) is 36.7 Å². The first kappa shape index (κ1) is 22.4. The quantitative estimate of drug-likeness (QED) is 0.677. The summed E-state index contributed by atoms with van der Waals surface area (Å²) in [5, 5.41) is 3.45. The summed E-state index contributed by atoms with van der Waals surface area (Å²) < 4.78 is 0. The molecule has 1 aliphatic rings. The van der Waals surface area contributed by atoms with Crippen molar-refractivity contribution >= 4 is 29.3 Å². The molecule has 1 aliphatic heterocycles. The van der Waals surface area contributed by atoms with Gasteiger partial charge in [0, 0.05) is 42.0 Å². The number of nitrogens with one attached hydrogen (secondary N) is 1. The molecule has 2 aromatic carbocycles. The van der Waals surface area contributed by atoms with Crippen molar-refractivity contribution in [3.63, 3.8) is 0 Å². The van der Waals surface area contributed by atoms with Crippen molar-refractivity contribution < 1.29 is 9.59 Å². The number of hydrogen-bond donors (Lipinski definition) is 1. The molecule has 6 heteroatoms. The molecular weight excluding hydrogens is 394 g/mol. The number of piperazine rings is 1. The molecule has 1 fully saturated rings. The Labute approximate surface area is 183 Å². The largest absolute Gasteiger partial charge is 0.336 e. The zero-order valence-electron chi connectivity index (χ0n) is 18.1. The number of anilines is 1. The maximum absolute atomic E-state index is 13.1. The normalized spacial score (nSPS) is 14.7. The molecule has 2 amide bonds. The molecule has 0 atom stereocenters. The highest BCUT2D eigenvalue weighted by Gasteiger charge is 2.25. The fourth-order valence-corrected chi connectivity index (χ4v) is 4.57. The number of amides is 2. The van der Waals surface area contributed by atoms with Crippen molar-refractivity contribution in [2.45, 2.75) is 37.3 Å². The third-order valence-electron chi connectivity index (χ3n) is 5.18. The highest BCUT2D eigenvalue weighted by Crippen LogP contribution is 2.27. The summed E-state index contributed by atoms with van der Waals surface area (Å²) in [6.07, 6.45) is 0.883. The van der Waals surface area contributed by atoms with Crippen molar-refractivity contribution in [3.8, 4) is 0 Å². The number of benzene rings is 2.